The Bertz CT molecular complexity index is 549. The van der Waals surface area contributed by atoms with Crippen LogP contribution in [0.25, 0.3) is 0 Å². The van der Waals surface area contributed by atoms with E-state index in [1.54, 1.807) is 7.11 Å². The van der Waals surface area contributed by atoms with Gasteiger partial charge in [-0.1, -0.05) is 15.9 Å². The molecule has 1 unspecified atom stereocenters. The zero-order valence-electron chi connectivity index (χ0n) is 14.5. The Labute approximate surface area is 170 Å². The van der Waals surface area contributed by atoms with Crippen LogP contribution in [0.15, 0.2) is 27.7 Å². The van der Waals surface area contributed by atoms with Gasteiger partial charge >= 0.3 is 0 Å². The molecule has 7 heteroatoms. The Balaban J connectivity index is 0.00000288. The van der Waals surface area contributed by atoms with Crippen LogP contribution < -0.4 is 15.4 Å². The summed E-state index contributed by atoms with van der Waals surface area (Å²) in [6.07, 6.45) is 2.21. The molecule has 0 spiro atoms. The minimum Gasteiger partial charge on any atom is -0.496 e. The first-order chi connectivity index (χ1) is 11.1. The number of methoxy groups -OCH3 is 1. The first-order valence-corrected chi connectivity index (χ1v) is 8.84. The minimum absolute atomic E-state index is 0. The maximum atomic E-state index is 5.81. The summed E-state index contributed by atoms with van der Waals surface area (Å²) in [5.41, 5.74) is 0.950. The van der Waals surface area contributed by atoms with Gasteiger partial charge < -0.3 is 20.1 Å². The predicted octanol–water partition coefficient (Wildman–Crippen LogP) is 3.70. The largest absolute Gasteiger partial charge is 0.496 e. The van der Waals surface area contributed by atoms with Crippen molar-refractivity contribution < 1.29 is 9.47 Å². The van der Waals surface area contributed by atoms with Crippen LogP contribution in [-0.4, -0.2) is 38.4 Å². The summed E-state index contributed by atoms with van der Waals surface area (Å²) >= 11 is 3.49. The maximum Gasteiger partial charge on any atom is 0.191 e. The highest BCUT2D eigenvalue weighted by Gasteiger charge is 2.29. The van der Waals surface area contributed by atoms with Crippen molar-refractivity contribution in [1.82, 2.24) is 10.6 Å². The van der Waals surface area contributed by atoms with E-state index in [4.69, 9.17) is 9.47 Å². The van der Waals surface area contributed by atoms with Crippen LogP contribution in [0, 0.1) is 0 Å². The van der Waals surface area contributed by atoms with Gasteiger partial charge in [0.2, 0.25) is 0 Å². The summed E-state index contributed by atoms with van der Waals surface area (Å²) < 4.78 is 12.2. The standard InChI is InChI=1S/C17H26BrN3O2.HI/c1-4-19-16(21-12-17(2)8-5-9-23-17)20-11-13-10-14(18)6-7-15(13)22-3;/h6-7,10H,4-5,8-9,11-12H2,1-3H3,(H2,19,20,21);1H. The van der Waals surface area contributed by atoms with E-state index in [1.807, 2.05) is 18.2 Å². The average molecular weight is 512 g/mol. The minimum atomic E-state index is -0.0936. The number of nitrogens with zero attached hydrogens (tertiary/aromatic N) is 1. The van der Waals surface area contributed by atoms with Crippen molar-refractivity contribution in [3.8, 4) is 5.75 Å². The summed E-state index contributed by atoms with van der Waals surface area (Å²) in [6, 6.07) is 5.95. The van der Waals surface area contributed by atoms with Gasteiger partial charge in [0, 0.05) is 29.7 Å². The second kappa shape index (κ2) is 10.5. The number of rotatable bonds is 6. The quantitative estimate of drug-likeness (QED) is 0.347. The second-order valence-electron chi connectivity index (χ2n) is 5.91. The van der Waals surface area contributed by atoms with Crippen LogP contribution in [0.1, 0.15) is 32.3 Å². The lowest BCUT2D eigenvalue weighted by atomic mass is 10.0. The van der Waals surface area contributed by atoms with Gasteiger partial charge in [0.15, 0.2) is 5.96 Å². The Hall–Kier alpha value is -0.540. The number of aliphatic imine (C=N–C) groups is 1. The van der Waals surface area contributed by atoms with E-state index in [9.17, 15) is 0 Å². The van der Waals surface area contributed by atoms with E-state index in [-0.39, 0.29) is 29.6 Å². The fourth-order valence-corrected chi connectivity index (χ4v) is 3.03. The van der Waals surface area contributed by atoms with Crippen molar-refractivity contribution in [3.05, 3.63) is 28.2 Å². The van der Waals surface area contributed by atoms with Gasteiger partial charge in [0.05, 0.1) is 19.3 Å². The van der Waals surface area contributed by atoms with E-state index in [0.717, 1.165) is 54.3 Å². The van der Waals surface area contributed by atoms with Gasteiger partial charge in [-0.15, -0.1) is 24.0 Å². The molecule has 0 aromatic heterocycles. The van der Waals surface area contributed by atoms with Crippen molar-refractivity contribution in [2.24, 2.45) is 4.99 Å². The molecular formula is C17H27BrIN3O2. The molecular weight excluding hydrogens is 485 g/mol. The van der Waals surface area contributed by atoms with Gasteiger partial charge in [-0.05, 0) is 44.9 Å². The number of hydrogen-bond donors (Lipinski definition) is 2. The molecule has 1 atom stereocenters. The molecule has 2 rings (SSSR count). The average Bonchev–Trinajstić information content (AvgIpc) is 2.97. The molecule has 5 nitrogen and oxygen atoms in total. The normalized spacial score (nSPS) is 20.4. The molecule has 1 aromatic rings. The van der Waals surface area contributed by atoms with Gasteiger partial charge in [0.1, 0.15) is 5.75 Å². The number of ether oxygens (including phenoxy) is 2. The van der Waals surface area contributed by atoms with E-state index in [2.05, 4.69) is 45.4 Å². The van der Waals surface area contributed by atoms with Gasteiger partial charge in [-0.2, -0.15) is 0 Å². The van der Waals surface area contributed by atoms with Gasteiger partial charge in [-0.25, -0.2) is 4.99 Å². The summed E-state index contributed by atoms with van der Waals surface area (Å²) in [6.45, 7) is 7.18. The van der Waals surface area contributed by atoms with E-state index in [0.29, 0.717) is 6.54 Å². The lowest BCUT2D eigenvalue weighted by molar-refractivity contribution is 0.0243. The third-order valence-corrected chi connectivity index (χ3v) is 4.42. The Kier molecular flexibility index (Phi) is 9.36. The number of hydrogen-bond acceptors (Lipinski definition) is 3. The molecule has 1 aliphatic rings. The monoisotopic (exact) mass is 511 g/mol. The van der Waals surface area contributed by atoms with Crippen molar-refractivity contribution in [1.29, 1.82) is 0 Å². The second-order valence-corrected chi connectivity index (χ2v) is 6.82. The molecule has 0 amide bonds. The first kappa shape index (κ1) is 21.5. The third-order valence-electron chi connectivity index (χ3n) is 3.92. The molecule has 24 heavy (non-hydrogen) atoms. The zero-order chi connectivity index (χ0) is 16.7. The third kappa shape index (κ3) is 6.40. The van der Waals surface area contributed by atoms with Crippen LogP contribution >= 0.6 is 39.9 Å². The lowest BCUT2D eigenvalue weighted by Crippen LogP contribution is -2.45. The van der Waals surface area contributed by atoms with E-state index >= 15 is 0 Å². The van der Waals surface area contributed by atoms with E-state index in [1.165, 1.54) is 0 Å². The lowest BCUT2D eigenvalue weighted by Gasteiger charge is -2.24. The smallest absolute Gasteiger partial charge is 0.191 e. The highest BCUT2D eigenvalue weighted by atomic mass is 127. The van der Waals surface area contributed by atoms with Crippen molar-refractivity contribution in [2.45, 2.75) is 38.8 Å². The molecule has 0 bridgehead atoms. The zero-order valence-corrected chi connectivity index (χ0v) is 18.4. The van der Waals surface area contributed by atoms with E-state index < -0.39 is 0 Å². The van der Waals surface area contributed by atoms with Gasteiger partial charge in [-0.3, -0.25) is 0 Å². The molecule has 0 aliphatic carbocycles. The summed E-state index contributed by atoms with van der Waals surface area (Å²) in [7, 11) is 1.68. The van der Waals surface area contributed by atoms with Crippen LogP contribution in [0.5, 0.6) is 5.75 Å². The Morgan fingerprint density at radius 2 is 2.21 bits per heavy atom. The van der Waals surface area contributed by atoms with Crippen LogP contribution in [0.3, 0.4) is 0 Å². The summed E-state index contributed by atoms with van der Waals surface area (Å²) in [5, 5.41) is 6.66. The molecule has 136 valence electrons. The molecule has 1 aromatic carbocycles. The molecule has 1 aliphatic heterocycles. The Morgan fingerprint density at radius 1 is 1.42 bits per heavy atom. The molecule has 1 saturated heterocycles. The van der Waals surface area contributed by atoms with Crippen LogP contribution in [-0.2, 0) is 11.3 Å². The van der Waals surface area contributed by atoms with Crippen molar-refractivity contribution in [3.63, 3.8) is 0 Å². The number of benzene rings is 1. The molecule has 1 fully saturated rings. The molecule has 2 N–H and O–H groups in total. The molecule has 0 saturated carbocycles. The van der Waals surface area contributed by atoms with Crippen molar-refractivity contribution in [2.75, 3.05) is 26.8 Å². The van der Waals surface area contributed by atoms with Crippen molar-refractivity contribution >= 4 is 45.9 Å². The number of nitrogens with one attached hydrogen (secondary N) is 2. The summed E-state index contributed by atoms with van der Waals surface area (Å²) in [4.78, 5) is 4.66. The Morgan fingerprint density at radius 3 is 2.83 bits per heavy atom. The highest BCUT2D eigenvalue weighted by molar-refractivity contribution is 14.0. The summed E-state index contributed by atoms with van der Waals surface area (Å²) in [5.74, 6) is 1.64. The highest BCUT2D eigenvalue weighted by Crippen LogP contribution is 2.24. The fraction of sp³-hybridized carbons (Fsp3) is 0.588. The fourth-order valence-electron chi connectivity index (χ4n) is 2.62. The predicted molar refractivity (Wildman–Crippen MR) is 113 cm³/mol. The SMILES string of the molecule is CCNC(=NCc1cc(Br)ccc1OC)NCC1(C)CCCO1.I. The first-order valence-electron chi connectivity index (χ1n) is 8.05. The molecule has 1 heterocycles. The van der Waals surface area contributed by atoms with Crippen LogP contribution in [0.2, 0.25) is 0 Å². The number of halogens is 2. The topological polar surface area (TPSA) is 54.9 Å². The molecule has 0 radical (unpaired) electrons. The number of guanidine groups is 1. The van der Waals surface area contributed by atoms with Crippen LogP contribution in [0.4, 0.5) is 0 Å². The van der Waals surface area contributed by atoms with Gasteiger partial charge in [0.25, 0.3) is 0 Å². The maximum absolute atomic E-state index is 5.81.